The third-order valence-corrected chi connectivity index (χ3v) is 7.34. The van der Waals surface area contributed by atoms with Crippen molar-refractivity contribution in [2.75, 3.05) is 17.3 Å². The molecule has 2 aromatic heterocycles. The van der Waals surface area contributed by atoms with Gasteiger partial charge >= 0.3 is 6.09 Å². The van der Waals surface area contributed by atoms with Gasteiger partial charge in [0, 0.05) is 37.0 Å². The minimum absolute atomic E-state index is 0.00925. The molecular weight excluding hydrogens is 607 g/mol. The first-order valence-electron chi connectivity index (χ1n) is 15.8. The van der Waals surface area contributed by atoms with Gasteiger partial charge in [-0.1, -0.05) is 72.8 Å². The van der Waals surface area contributed by atoms with Crippen LogP contribution in [0.15, 0.2) is 103 Å². The summed E-state index contributed by atoms with van der Waals surface area (Å²) in [5, 5.41) is 6.20. The van der Waals surface area contributed by atoms with E-state index in [1.54, 1.807) is 36.7 Å². The number of carbonyl (C=O) groups excluding carboxylic acids is 1. The molecule has 5 rings (SSSR count). The van der Waals surface area contributed by atoms with Gasteiger partial charge in [0.05, 0.1) is 11.9 Å². The summed E-state index contributed by atoms with van der Waals surface area (Å²) in [5.74, 6) is 1.08. The van der Waals surface area contributed by atoms with Crippen molar-refractivity contribution < 1.29 is 18.7 Å². The number of pyridine rings is 1. The number of nitrogens with zero attached hydrogens (tertiary/aromatic N) is 4. The second kappa shape index (κ2) is 15.4. The van der Waals surface area contributed by atoms with E-state index in [4.69, 9.17) is 14.5 Å². The maximum atomic E-state index is 15.0. The predicted molar refractivity (Wildman–Crippen MR) is 187 cm³/mol. The van der Waals surface area contributed by atoms with Crippen molar-refractivity contribution in [3.05, 3.63) is 126 Å². The van der Waals surface area contributed by atoms with Crippen molar-refractivity contribution in [2.24, 2.45) is 0 Å². The Balaban J connectivity index is 1.27. The number of amides is 1. The molecule has 0 unspecified atom stereocenters. The van der Waals surface area contributed by atoms with Crippen molar-refractivity contribution in [3.8, 4) is 17.0 Å². The molecule has 248 valence electrons. The summed E-state index contributed by atoms with van der Waals surface area (Å²) < 4.78 is 26.4. The van der Waals surface area contributed by atoms with E-state index in [1.807, 2.05) is 87.3 Å². The number of anilines is 3. The van der Waals surface area contributed by atoms with Crippen LogP contribution in [0.5, 0.6) is 5.88 Å². The Hall–Kier alpha value is -5.51. The van der Waals surface area contributed by atoms with Crippen molar-refractivity contribution >= 4 is 23.5 Å². The lowest BCUT2D eigenvalue weighted by Crippen LogP contribution is -2.32. The average Bonchev–Trinajstić information content (AvgIpc) is 3.06. The fraction of sp³-hybridized carbons (Fsp3) is 0.263. The van der Waals surface area contributed by atoms with Crippen molar-refractivity contribution in [1.29, 1.82) is 0 Å². The van der Waals surface area contributed by atoms with Crippen LogP contribution in [0, 0.1) is 5.82 Å². The molecule has 5 aromatic rings. The Morgan fingerprint density at radius 2 is 1.62 bits per heavy atom. The van der Waals surface area contributed by atoms with E-state index in [0.29, 0.717) is 54.0 Å². The van der Waals surface area contributed by atoms with Crippen molar-refractivity contribution in [3.63, 3.8) is 0 Å². The lowest BCUT2D eigenvalue weighted by molar-refractivity contribution is 0.0523. The third-order valence-electron chi connectivity index (χ3n) is 7.34. The molecule has 0 aliphatic carbocycles. The summed E-state index contributed by atoms with van der Waals surface area (Å²) in [6.07, 6.45) is 3.65. The summed E-state index contributed by atoms with van der Waals surface area (Å²) in [5.41, 5.74) is 4.15. The highest BCUT2D eigenvalue weighted by molar-refractivity contribution is 5.75. The number of ether oxygens (including phenoxy) is 2. The summed E-state index contributed by atoms with van der Waals surface area (Å²) in [6.45, 7) is 8.24. The predicted octanol–water partition coefficient (Wildman–Crippen LogP) is 8.09. The van der Waals surface area contributed by atoms with E-state index >= 15 is 4.39 Å². The SMILES string of the molecule is C[C@@H](Cc1cccc(CNC(=O)OC(C)(C)C)c1)Nc1nccc(N(C)c2cnc(OCc3ccccc3)c(-c3ccccc3F)c2)n1. The molecule has 0 aliphatic heterocycles. The lowest BCUT2D eigenvalue weighted by Gasteiger charge is -2.21. The summed E-state index contributed by atoms with van der Waals surface area (Å²) in [4.78, 5) is 27.7. The summed E-state index contributed by atoms with van der Waals surface area (Å²) >= 11 is 0. The first kappa shape index (κ1) is 33.8. The molecule has 0 saturated carbocycles. The molecule has 1 amide bonds. The molecule has 3 aromatic carbocycles. The number of rotatable bonds is 12. The number of alkyl carbamates (subject to hydrolysis) is 1. The molecule has 0 fully saturated rings. The van der Waals surface area contributed by atoms with Gasteiger partial charge in [-0.15, -0.1) is 0 Å². The highest BCUT2D eigenvalue weighted by atomic mass is 19.1. The van der Waals surface area contributed by atoms with Gasteiger partial charge in [0.25, 0.3) is 0 Å². The number of nitrogens with one attached hydrogen (secondary N) is 2. The van der Waals surface area contributed by atoms with E-state index in [0.717, 1.165) is 16.7 Å². The topological polar surface area (TPSA) is 102 Å². The number of hydrogen-bond donors (Lipinski definition) is 2. The third kappa shape index (κ3) is 9.51. The Morgan fingerprint density at radius 3 is 2.40 bits per heavy atom. The standard InChI is InChI=1S/C38H41FN6O3/c1-26(20-28-14-11-15-29(21-28)23-42-37(46)48-38(2,3)4)43-36-40-19-18-34(44-36)45(5)30-22-32(31-16-9-10-17-33(31)39)35(41-24-30)47-25-27-12-7-6-8-13-27/h6-19,21-22,24,26H,20,23,25H2,1-5H3,(H,42,46)(H,40,43,44)/t26-/m0/s1. The van der Waals surface area contributed by atoms with Crippen LogP contribution < -0.4 is 20.3 Å². The van der Waals surface area contributed by atoms with Crippen LogP contribution >= 0.6 is 0 Å². The smallest absolute Gasteiger partial charge is 0.407 e. The molecule has 10 heteroatoms. The molecule has 2 heterocycles. The van der Waals surface area contributed by atoms with Crippen LogP contribution in [0.4, 0.5) is 26.6 Å². The van der Waals surface area contributed by atoms with Gasteiger partial charge in [0.2, 0.25) is 11.8 Å². The molecule has 1 atom stereocenters. The number of benzene rings is 3. The van der Waals surface area contributed by atoms with Crippen LogP contribution in [-0.2, 0) is 24.3 Å². The van der Waals surface area contributed by atoms with E-state index in [1.165, 1.54) is 6.07 Å². The highest BCUT2D eigenvalue weighted by Gasteiger charge is 2.18. The monoisotopic (exact) mass is 648 g/mol. The van der Waals surface area contributed by atoms with Gasteiger partial charge in [0.15, 0.2) is 0 Å². The zero-order chi connectivity index (χ0) is 34.1. The second-order valence-corrected chi connectivity index (χ2v) is 12.5. The Labute approximate surface area is 281 Å². The van der Waals surface area contributed by atoms with Crippen LogP contribution in [-0.4, -0.2) is 39.7 Å². The second-order valence-electron chi connectivity index (χ2n) is 12.5. The number of aromatic nitrogens is 3. The lowest BCUT2D eigenvalue weighted by atomic mass is 10.0. The zero-order valence-corrected chi connectivity index (χ0v) is 27.9. The van der Waals surface area contributed by atoms with Crippen LogP contribution in [0.25, 0.3) is 11.1 Å². The molecule has 9 nitrogen and oxygen atoms in total. The highest BCUT2D eigenvalue weighted by Crippen LogP contribution is 2.35. The van der Waals surface area contributed by atoms with Crippen LogP contribution in [0.1, 0.15) is 44.4 Å². The van der Waals surface area contributed by atoms with Gasteiger partial charge in [-0.2, -0.15) is 4.98 Å². The molecule has 2 N–H and O–H groups in total. The minimum Gasteiger partial charge on any atom is -0.472 e. The molecule has 0 spiro atoms. The fourth-order valence-electron chi connectivity index (χ4n) is 5.06. The van der Waals surface area contributed by atoms with Gasteiger partial charge < -0.3 is 25.0 Å². The first-order chi connectivity index (χ1) is 23.0. The Bertz CT molecular complexity index is 1830. The fourth-order valence-corrected chi connectivity index (χ4v) is 5.06. The van der Waals surface area contributed by atoms with Gasteiger partial charge in [0.1, 0.15) is 23.8 Å². The zero-order valence-electron chi connectivity index (χ0n) is 27.9. The largest absolute Gasteiger partial charge is 0.472 e. The maximum absolute atomic E-state index is 15.0. The molecular formula is C38H41FN6O3. The molecule has 48 heavy (non-hydrogen) atoms. The molecule has 0 bridgehead atoms. The normalized spacial score (nSPS) is 11.8. The average molecular weight is 649 g/mol. The van der Waals surface area contributed by atoms with Gasteiger partial charge in [-0.05, 0) is 69.0 Å². The van der Waals surface area contributed by atoms with E-state index in [9.17, 15) is 4.79 Å². The van der Waals surface area contributed by atoms with Crippen LogP contribution in [0.2, 0.25) is 0 Å². The maximum Gasteiger partial charge on any atom is 0.407 e. The Kier molecular flexibility index (Phi) is 10.8. The number of carbonyl (C=O) groups is 1. The first-order valence-corrected chi connectivity index (χ1v) is 15.8. The molecule has 0 saturated heterocycles. The van der Waals surface area contributed by atoms with E-state index in [-0.39, 0.29) is 11.9 Å². The Morgan fingerprint density at radius 1 is 0.896 bits per heavy atom. The van der Waals surface area contributed by atoms with Crippen LogP contribution in [0.3, 0.4) is 0 Å². The van der Waals surface area contributed by atoms with Gasteiger partial charge in [-0.25, -0.2) is 19.2 Å². The quantitative estimate of drug-likeness (QED) is 0.140. The van der Waals surface area contributed by atoms with E-state index < -0.39 is 11.7 Å². The number of hydrogen-bond acceptors (Lipinski definition) is 8. The minimum atomic E-state index is -0.551. The molecule has 0 radical (unpaired) electrons. The summed E-state index contributed by atoms with van der Waals surface area (Å²) in [7, 11) is 1.87. The van der Waals surface area contributed by atoms with Crippen molar-refractivity contribution in [1.82, 2.24) is 20.3 Å². The summed E-state index contributed by atoms with van der Waals surface area (Å²) in [6, 6.07) is 28.1. The van der Waals surface area contributed by atoms with E-state index in [2.05, 4.69) is 33.6 Å². The van der Waals surface area contributed by atoms with Gasteiger partial charge in [-0.3, -0.25) is 0 Å². The van der Waals surface area contributed by atoms with Crippen molar-refractivity contribution in [2.45, 2.75) is 58.9 Å². The number of halogens is 1. The molecule has 0 aliphatic rings.